The lowest BCUT2D eigenvalue weighted by Gasteiger charge is -2.11. The molecule has 0 saturated carbocycles. The molecule has 6 nitrogen and oxygen atoms in total. The molecule has 2 rings (SSSR count). The van der Waals surface area contributed by atoms with Gasteiger partial charge < -0.3 is 24.8 Å². The van der Waals surface area contributed by atoms with Gasteiger partial charge in [-0.15, -0.1) is 24.0 Å². The van der Waals surface area contributed by atoms with Crippen molar-refractivity contribution in [3.63, 3.8) is 0 Å². The van der Waals surface area contributed by atoms with E-state index in [4.69, 9.17) is 14.2 Å². The highest BCUT2D eigenvalue weighted by molar-refractivity contribution is 14.0. The molecule has 124 valence electrons. The molecule has 7 heteroatoms. The third kappa shape index (κ3) is 5.88. The number of fused-ring (bicyclic) bond motifs is 1. The average Bonchev–Trinajstić information content (AvgIpc) is 2.95. The van der Waals surface area contributed by atoms with Crippen LogP contribution in [0.5, 0.6) is 11.5 Å². The van der Waals surface area contributed by atoms with Gasteiger partial charge in [0.15, 0.2) is 17.5 Å². The molecule has 0 spiro atoms. The summed E-state index contributed by atoms with van der Waals surface area (Å²) in [6.45, 7) is 5.27. The van der Waals surface area contributed by atoms with Crippen LogP contribution in [0, 0.1) is 0 Å². The fourth-order valence-corrected chi connectivity index (χ4v) is 2.01. The van der Waals surface area contributed by atoms with E-state index in [1.807, 2.05) is 19.1 Å². The molecule has 1 aromatic carbocycles. The Morgan fingerprint density at radius 2 is 2.09 bits per heavy atom. The standard InChI is InChI=1S/C15H23N3O3.HI/c1-3-16-15(18-8-9-19-2)17-7-6-12-4-5-13-14(10-12)21-11-20-13;/h4-5,10H,3,6-9,11H2,1-2H3,(H2,16,17,18);1H. The molecule has 1 heterocycles. The van der Waals surface area contributed by atoms with E-state index in [9.17, 15) is 0 Å². The highest BCUT2D eigenvalue weighted by atomic mass is 127. The molecule has 0 fully saturated rings. The van der Waals surface area contributed by atoms with Crippen LogP contribution >= 0.6 is 24.0 Å². The second kappa shape index (κ2) is 10.5. The molecule has 2 N–H and O–H groups in total. The molecule has 0 radical (unpaired) electrons. The van der Waals surface area contributed by atoms with Gasteiger partial charge in [0.2, 0.25) is 6.79 Å². The zero-order valence-electron chi connectivity index (χ0n) is 13.1. The smallest absolute Gasteiger partial charge is 0.231 e. The highest BCUT2D eigenvalue weighted by Gasteiger charge is 2.12. The van der Waals surface area contributed by atoms with Gasteiger partial charge in [-0.2, -0.15) is 0 Å². The van der Waals surface area contributed by atoms with E-state index in [0.29, 0.717) is 19.9 Å². The molecule has 0 aliphatic carbocycles. The fraction of sp³-hybridized carbons (Fsp3) is 0.533. The first kappa shape index (κ1) is 18.8. The second-order valence-electron chi connectivity index (χ2n) is 4.62. The summed E-state index contributed by atoms with van der Waals surface area (Å²) in [4.78, 5) is 4.42. The minimum atomic E-state index is 0. The molecular formula is C15H24IN3O3. The van der Waals surface area contributed by atoms with Gasteiger partial charge in [-0.1, -0.05) is 6.07 Å². The summed E-state index contributed by atoms with van der Waals surface area (Å²) < 4.78 is 15.7. The Bertz CT molecular complexity index is 483. The largest absolute Gasteiger partial charge is 0.454 e. The summed E-state index contributed by atoms with van der Waals surface area (Å²) in [6, 6.07) is 6.04. The van der Waals surface area contributed by atoms with Crippen LogP contribution < -0.4 is 20.1 Å². The molecule has 0 saturated heterocycles. The predicted octanol–water partition coefficient (Wildman–Crippen LogP) is 1.78. The minimum absolute atomic E-state index is 0. The van der Waals surface area contributed by atoms with Crippen molar-refractivity contribution in [3.8, 4) is 11.5 Å². The average molecular weight is 421 g/mol. The summed E-state index contributed by atoms with van der Waals surface area (Å²) in [5.74, 6) is 2.46. The number of methoxy groups -OCH3 is 1. The summed E-state index contributed by atoms with van der Waals surface area (Å²) in [5.41, 5.74) is 1.21. The summed E-state index contributed by atoms with van der Waals surface area (Å²) >= 11 is 0. The molecule has 0 amide bonds. The van der Waals surface area contributed by atoms with E-state index in [0.717, 1.165) is 37.0 Å². The van der Waals surface area contributed by atoms with Gasteiger partial charge in [0.1, 0.15) is 0 Å². The zero-order valence-corrected chi connectivity index (χ0v) is 15.4. The zero-order chi connectivity index (χ0) is 14.9. The molecular weight excluding hydrogens is 397 g/mol. The van der Waals surface area contributed by atoms with E-state index in [-0.39, 0.29) is 24.0 Å². The van der Waals surface area contributed by atoms with E-state index in [2.05, 4.69) is 21.7 Å². The van der Waals surface area contributed by atoms with Crippen molar-refractivity contribution in [1.82, 2.24) is 10.6 Å². The number of aliphatic imine (C=N–C) groups is 1. The number of benzene rings is 1. The van der Waals surface area contributed by atoms with E-state index >= 15 is 0 Å². The Morgan fingerprint density at radius 3 is 2.86 bits per heavy atom. The van der Waals surface area contributed by atoms with Crippen LogP contribution in [0.3, 0.4) is 0 Å². The number of nitrogens with zero attached hydrogens (tertiary/aromatic N) is 1. The van der Waals surface area contributed by atoms with Crippen LogP contribution in [0.2, 0.25) is 0 Å². The maximum atomic E-state index is 5.38. The Labute approximate surface area is 148 Å². The first-order valence-corrected chi connectivity index (χ1v) is 7.23. The van der Waals surface area contributed by atoms with Gasteiger partial charge >= 0.3 is 0 Å². The topological polar surface area (TPSA) is 64.1 Å². The maximum Gasteiger partial charge on any atom is 0.231 e. The first-order valence-electron chi connectivity index (χ1n) is 7.23. The molecule has 1 aliphatic heterocycles. The first-order chi connectivity index (χ1) is 10.3. The highest BCUT2D eigenvalue weighted by Crippen LogP contribution is 2.32. The third-order valence-corrected chi connectivity index (χ3v) is 3.05. The lowest BCUT2D eigenvalue weighted by Crippen LogP contribution is -2.38. The van der Waals surface area contributed by atoms with Crippen molar-refractivity contribution in [2.75, 3.05) is 40.1 Å². The van der Waals surface area contributed by atoms with Gasteiger partial charge in [0.25, 0.3) is 0 Å². The number of rotatable bonds is 7. The van der Waals surface area contributed by atoms with Gasteiger partial charge in [-0.05, 0) is 31.0 Å². The number of ether oxygens (including phenoxy) is 3. The van der Waals surface area contributed by atoms with Gasteiger partial charge in [0, 0.05) is 20.2 Å². The Hall–Kier alpha value is -1.22. The Balaban J connectivity index is 0.00000242. The van der Waals surface area contributed by atoms with Gasteiger partial charge in [-0.3, -0.25) is 4.99 Å². The monoisotopic (exact) mass is 421 g/mol. The Morgan fingerprint density at radius 1 is 1.27 bits per heavy atom. The number of hydrogen-bond donors (Lipinski definition) is 2. The van der Waals surface area contributed by atoms with Crippen molar-refractivity contribution >= 4 is 29.9 Å². The third-order valence-electron chi connectivity index (χ3n) is 3.05. The molecule has 0 unspecified atom stereocenters. The van der Waals surface area contributed by atoms with Crippen molar-refractivity contribution in [1.29, 1.82) is 0 Å². The van der Waals surface area contributed by atoms with Crippen molar-refractivity contribution in [3.05, 3.63) is 23.8 Å². The number of nitrogens with one attached hydrogen (secondary N) is 2. The van der Waals surface area contributed by atoms with Gasteiger partial charge in [-0.25, -0.2) is 0 Å². The van der Waals surface area contributed by atoms with Crippen molar-refractivity contribution in [2.24, 2.45) is 4.99 Å². The normalized spacial score (nSPS) is 12.7. The number of hydrogen-bond acceptors (Lipinski definition) is 4. The van der Waals surface area contributed by atoms with E-state index < -0.39 is 0 Å². The molecule has 22 heavy (non-hydrogen) atoms. The molecule has 0 aromatic heterocycles. The summed E-state index contributed by atoms with van der Waals surface area (Å²) in [5, 5.41) is 6.52. The summed E-state index contributed by atoms with van der Waals surface area (Å²) in [7, 11) is 1.68. The predicted molar refractivity (Wildman–Crippen MR) is 97.5 cm³/mol. The van der Waals surface area contributed by atoms with Crippen LogP contribution in [0.1, 0.15) is 12.5 Å². The SMILES string of the molecule is CCNC(=NCCOC)NCCc1ccc2c(c1)OCO2.I. The van der Waals surface area contributed by atoms with Crippen LogP contribution in [0.4, 0.5) is 0 Å². The molecule has 0 bridgehead atoms. The lowest BCUT2D eigenvalue weighted by atomic mass is 10.1. The van der Waals surface area contributed by atoms with E-state index in [1.165, 1.54) is 5.56 Å². The van der Waals surface area contributed by atoms with E-state index in [1.54, 1.807) is 7.11 Å². The Kier molecular flexibility index (Phi) is 8.98. The molecule has 1 aliphatic rings. The fourth-order valence-electron chi connectivity index (χ4n) is 2.01. The van der Waals surface area contributed by atoms with Crippen molar-refractivity contribution in [2.45, 2.75) is 13.3 Å². The van der Waals surface area contributed by atoms with Gasteiger partial charge in [0.05, 0.1) is 13.2 Å². The van der Waals surface area contributed by atoms with Crippen LogP contribution in [-0.4, -0.2) is 46.1 Å². The number of halogens is 1. The number of guanidine groups is 1. The van der Waals surface area contributed by atoms with Crippen molar-refractivity contribution < 1.29 is 14.2 Å². The van der Waals surface area contributed by atoms with Crippen LogP contribution in [0.25, 0.3) is 0 Å². The van der Waals surface area contributed by atoms with Crippen LogP contribution in [-0.2, 0) is 11.2 Å². The maximum absolute atomic E-state index is 5.38. The quantitative estimate of drug-likeness (QED) is 0.304. The lowest BCUT2D eigenvalue weighted by molar-refractivity contribution is 0.174. The second-order valence-corrected chi connectivity index (χ2v) is 4.62. The van der Waals surface area contributed by atoms with Crippen LogP contribution in [0.15, 0.2) is 23.2 Å². The summed E-state index contributed by atoms with van der Waals surface area (Å²) in [6.07, 6.45) is 0.894. The minimum Gasteiger partial charge on any atom is -0.454 e. The molecule has 0 atom stereocenters. The molecule has 1 aromatic rings.